The second kappa shape index (κ2) is 21.4. The van der Waals surface area contributed by atoms with E-state index < -0.39 is 0 Å². The quantitative estimate of drug-likeness (QED) is 0.0739. The van der Waals surface area contributed by atoms with Gasteiger partial charge in [0.05, 0.1) is 19.8 Å². The van der Waals surface area contributed by atoms with Crippen LogP contribution < -0.4 is 9.47 Å². The highest BCUT2D eigenvalue weighted by atomic mass is 16.5. The van der Waals surface area contributed by atoms with Gasteiger partial charge in [0.25, 0.3) is 0 Å². The van der Waals surface area contributed by atoms with Crippen molar-refractivity contribution >= 4 is 0 Å². The Labute approximate surface area is 296 Å². The molecule has 0 fully saturated rings. The van der Waals surface area contributed by atoms with Crippen LogP contribution in [0.2, 0.25) is 0 Å². The number of rotatable bonds is 23. The van der Waals surface area contributed by atoms with Crippen molar-refractivity contribution in [3.8, 4) is 22.9 Å². The molecular formula is C44H60N2O3. The molecule has 0 saturated carbocycles. The first-order valence-electron chi connectivity index (χ1n) is 19.0. The molecule has 0 saturated heterocycles. The zero-order valence-electron chi connectivity index (χ0n) is 30.8. The van der Waals surface area contributed by atoms with E-state index in [1.54, 1.807) is 0 Å². The number of hydrogen-bond donors (Lipinski definition) is 0. The highest BCUT2D eigenvalue weighted by Gasteiger charge is 2.17. The summed E-state index contributed by atoms with van der Waals surface area (Å²) >= 11 is 0. The van der Waals surface area contributed by atoms with E-state index in [1.807, 2.05) is 24.5 Å². The van der Waals surface area contributed by atoms with Crippen LogP contribution in [0.4, 0.5) is 0 Å². The van der Waals surface area contributed by atoms with Crippen molar-refractivity contribution < 1.29 is 14.2 Å². The number of aryl methyl sites for hydroxylation is 1. The maximum Gasteiger partial charge on any atom is 0.159 e. The van der Waals surface area contributed by atoms with Crippen molar-refractivity contribution in [2.75, 3.05) is 13.2 Å². The van der Waals surface area contributed by atoms with Crippen LogP contribution in [-0.2, 0) is 17.8 Å². The SMILES string of the molecule is CCCCCCCCCCc1cnc(-c2ccc(C(OCc3ccc(OCC(C)CC)cc3)c3ccc(OCC(C)CC)cc3)cc2)nc1. The Bertz CT molecular complexity index is 1440. The first-order chi connectivity index (χ1) is 24.0. The Morgan fingerprint density at radius 3 is 1.57 bits per heavy atom. The lowest BCUT2D eigenvalue weighted by molar-refractivity contribution is 0.0666. The molecule has 264 valence electrons. The molecule has 3 aromatic carbocycles. The van der Waals surface area contributed by atoms with E-state index in [9.17, 15) is 0 Å². The van der Waals surface area contributed by atoms with E-state index in [2.05, 4.69) is 95.3 Å². The average Bonchev–Trinajstić information content (AvgIpc) is 3.15. The minimum absolute atomic E-state index is 0.242. The van der Waals surface area contributed by atoms with Crippen LogP contribution in [-0.4, -0.2) is 23.2 Å². The third kappa shape index (κ3) is 13.3. The molecule has 0 aliphatic rings. The molecule has 4 rings (SSSR count). The fourth-order valence-electron chi connectivity index (χ4n) is 5.60. The number of benzene rings is 3. The second-order valence-electron chi connectivity index (χ2n) is 13.8. The van der Waals surface area contributed by atoms with Crippen molar-refractivity contribution in [1.82, 2.24) is 9.97 Å². The molecule has 0 radical (unpaired) electrons. The molecule has 49 heavy (non-hydrogen) atoms. The third-order valence-corrected chi connectivity index (χ3v) is 9.48. The van der Waals surface area contributed by atoms with Crippen LogP contribution in [0.1, 0.15) is 127 Å². The number of nitrogens with zero attached hydrogens (tertiary/aromatic N) is 2. The zero-order chi connectivity index (χ0) is 34.7. The van der Waals surface area contributed by atoms with Crippen molar-refractivity contribution in [3.63, 3.8) is 0 Å². The number of aromatic nitrogens is 2. The third-order valence-electron chi connectivity index (χ3n) is 9.48. The molecule has 5 nitrogen and oxygen atoms in total. The first kappa shape index (κ1) is 38.1. The summed E-state index contributed by atoms with van der Waals surface area (Å²) in [6.07, 6.45) is 17.6. The zero-order valence-corrected chi connectivity index (χ0v) is 30.8. The van der Waals surface area contributed by atoms with Gasteiger partial charge in [-0.05, 0) is 71.2 Å². The molecule has 1 heterocycles. The van der Waals surface area contributed by atoms with E-state index in [4.69, 9.17) is 24.2 Å². The van der Waals surface area contributed by atoms with Gasteiger partial charge in [0, 0.05) is 18.0 Å². The number of hydrogen-bond acceptors (Lipinski definition) is 5. The van der Waals surface area contributed by atoms with E-state index >= 15 is 0 Å². The molecule has 0 aliphatic heterocycles. The van der Waals surface area contributed by atoms with Gasteiger partial charge in [-0.25, -0.2) is 9.97 Å². The highest BCUT2D eigenvalue weighted by molar-refractivity contribution is 5.55. The largest absolute Gasteiger partial charge is 0.493 e. The van der Waals surface area contributed by atoms with Gasteiger partial charge >= 0.3 is 0 Å². The molecule has 0 bridgehead atoms. The van der Waals surface area contributed by atoms with Gasteiger partial charge < -0.3 is 14.2 Å². The van der Waals surface area contributed by atoms with Crippen LogP contribution in [0.15, 0.2) is 85.2 Å². The molecule has 5 heteroatoms. The monoisotopic (exact) mass is 664 g/mol. The Morgan fingerprint density at radius 2 is 1.04 bits per heavy atom. The molecule has 3 unspecified atom stereocenters. The van der Waals surface area contributed by atoms with Crippen molar-refractivity contribution in [2.24, 2.45) is 11.8 Å². The fraction of sp³-hybridized carbons (Fsp3) is 0.500. The molecule has 4 aromatic rings. The summed E-state index contributed by atoms with van der Waals surface area (Å²) in [5.41, 5.74) is 5.48. The molecular weight excluding hydrogens is 604 g/mol. The maximum absolute atomic E-state index is 6.64. The van der Waals surface area contributed by atoms with Crippen LogP contribution >= 0.6 is 0 Å². The molecule has 0 spiro atoms. The van der Waals surface area contributed by atoms with E-state index in [-0.39, 0.29) is 6.10 Å². The lowest BCUT2D eigenvalue weighted by atomic mass is 9.99. The summed E-state index contributed by atoms with van der Waals surface area (Å²) in [5, 5.41) is 0. The number of ether oxygens (including phenoxy) is 3. The summed E-state index contributed by atoms with van der Waals surface area (Å²) in [5.74, 6) is 3.59. The molecule has 0 aliphatic carbocycles. The molecule has 1 aromatic heterocycles. The van der Waals surface area contributed by atoms with Gasteiger partial charge in [-0.3, -0.25) is 0 Å². The smallest absolute Gasteiger partial charge is 0.159 e. The van der Waals surface area contributed by atoms with Crippen molar-refractivity contribution in [1.29, 1.82) is 0 Å². The minimum atomic E-state index is -0.242. The topological polar surface area (TPSA) is 53.5 Å². The van der Waals surface area contributed by atoms with Gasteiger partial charge in [-0.1, -0.05) is 141 Å². The predicted molar refractivity (Wildman–Crippen MR) is 203 cm³/mol. The standard InChI is InChI=1S/C44H60N2O3/c1-6-9-10-11-12-13-14-15-16-37-29-45-44(46-30-37)40-21-19-38(20-22-40)43(39-23-27-42(28-24-39)48-32-35(5)8-3)49-33-36-17-25-41(26-18-36)47-31-34(4)7-2/h17-30,34-35,43H,6-16,31-33H2,1-5H3. The number of unbranched alkanes of at least 4 members (excludes halogenated alkanes) is 7. The van der Waals surface area contributed by atoms with Gasteiger partial charge in [-0.15, -0.1) is 0 Å². The summed E-state index contributed by atoms with van der Waals surface area (Å²) in [6, 6.07) is 25.1. The van der Waals surface area contributed by atoms with Crippen molar-refractivity contribution in [2.45, 2.75) is 118 Å². The van der Waals surface area contributed by atoms with Crippen LogP contribution in [0, 0.1) is 11.8 Å². The molecule has 0 amide bonds. The Kier molecular flexibility index (Phi) is 16.6. The second-order valence-corrected chi connectivity index (χ2v) is 13.8. The Morgan fingerprint density at radius 1 is 0.551 bits per heavy atom. The summed E-state index contributed by atoms with van der Waals surface area (Å²) < 4.78 is 18.6. The van der Waals surface area contributed by atoms with Gasteiger partial charge in [0.1, 0.15) is 17.6 Å². The summed E-state index contributed by atoms with van der Waals surface area (Å²) in [7, 11) is 0. The normalized spacial score (nSPS) is 13.2. The van der Waals surface area contributed by atoms with Gasteiger partial charge in [-0.2, -0.15) is 0 Å². The molecule has 0 N–H and O–H groups in total. The Balaban J connectivity index is 1.40. The van der Waals surface area contributed by atoms with Gasteiger partial charge in [0.15, 0.2) is 5.82 Å². The molecule has 3 atom stereocenters. The van der Waals surface area contributed by atoms with E-state index in [0.29, 0.717) is 18.4 Å². The maximum atomic E-state index is 6.64. The van der Waals surface area contributed by atoms with E-state index in [0.717, 1.165) is 72.1 Å². The minimum Gasteiger partial charge on any atom is -0.493 e. The van der Waals surface area contributed by atoms with Crippen LogP contribution in [0.25, 0.3) is 11.4 Å². The first-order valence-corrected chi connectivity index (χ1v) is 19.0. The van der Waals surface area contributed by atoms with Gasteiger partial charge in [0.2, 0.25) is 0 Å². The lowest BCUT2D eigenvalue weighted by Crippen LogP contribution is -2.09. The van der Waals surface area contributed by atoms with Crippen LogP contribution in [0.3, 0.4) is 0 Å². The van der Waals surface area contributed by atoms with Crippen LogP contribution in [0.5, 0.6) is 11.5 Å². The lowest BCUT2D eigenvalue weighted by Gasteiger charge is -2.20. The fourth-order valence-corrected chi connectivity index (χ4v) is 5.60. The van der Waals surface area contributed by atoms with Crippen molar-refractivity contribution in [3.05, 3.63) is 107 Å². The summed E-state index contributed by atoms with van der Waals surface area (Å²) in [4.78, 5) is 9.44. The predicted octanol–water partition coefficient (Wildman–Crippen LogP) is 12.0. The highest BCUT2D eigenvalue weighted by Crippen LogP contribution is 2.31. The average molecular weight is 665 g/mol. The summed E-state index contributed by atoms with van der Waals surface area (Å²) in [6.45, 7) is 13.0. The Hall–Kier alpha value is -3.70. The van der Waals surface area contributed by atoms with E-state index in [1.165, 1.54) is 56.9 Å².